The van der Waals surface area contributed by atoms with E-state index in [-0.39, 0.29) is 11.9 Å². The lowest BCUT2D eigenvalue weighted by Gasteiger charge is -2.07. The van der Waals surface area contributed by atoms with Gasteiger partial charge in [0.2, 0.25) is 5.91 Å². The van der Waals surface area contributed by atoms with Crippen LogP contribution in [-0.4, -0.2) is 37.5 Å². The molecule has 0 atom stereocenters. The van der Waals surface area contributed by atoms with Crippen LogP contribution in [0, 0.1) is 0 Å². The van der Waals surface area contributed by atoms with Gasteiger partial charge in [0, 0.05) is 13.1 Å². The second-order valence-electron chi connectivity index (χ2n) is 4.20. The summed E-state index contributed by atoms with van der Waals surface area (Å²) in [5.74, 6) is 0.352. The number of hydrogen-bond donors (Lipinski definition) is 1. The first-order valence-electron chi connectivity index (χ1n) is 5.63. The highest BCUT2D eigenvalue weighted by Gasteiger charge is 2.10. The van der Waals surface area contributed by atoms with Crippen molar-refractivity contribution in [2.45, 2.75) is 24.9 Å². The fourth-order valence-electron chi connectivity index (χ4n) is 1.55. The van der Waals surface area contributed by atoms with Crippen LogP contribution in [0.5, 0.6) is 0 Å². The van der Waals surface area contributed by atoms with Crippen LogP contribution in [0.2, 0.25) is 0 Å². The molecule has 6 nitrogen and oxygen atoms in total. The van der Waals surface area contributed by atoms with Crippen LogP contribution in [0.25, 0.3) is 11.0 Å². The summed E-state index contributed by atoms with van der Waals surface area (Å²) in [5.41, 5.74) is 0.775. The minimum Gasteiger partial charge on any atom is -0.353 e. The van der Waals surface area contributed by atoms with E-state index in [1.165, 1.54) is 18.1 Å². The molecule has 0 aliphatic rings. The Morgan fingerprint density at radius 1 is 1.50 bits per heavy atom. The van der Waals surface area contributed by atoms with Gasteiger partial charge in [-0.25, -0.2) is 9.97 Å². The molecule has 0 bridgehead atoms. The molecule has 0 saturated heterocycles. The molecule has 18 heavy (non-hydrogen) atoms. The number of rotatable bonds is 4. The number of thioether (sulfide) groups is 1. The van der Waals surface area contributed by atoms with E-state index in [1.807, 2.05) is 20.9 Å². The monoisotopic (exact) mass is 265 g/mol. The highest BCUT2D eigenvalue weighted by atomic mass is 32.2. The van der Waals surface area contributed by atoms with E-state index >= 15 is 0 Å². The van der Waals surface area contributed by atoms with Crippen molar-refractivity contribution in [3.63, 3.8) is 0 Å². The van der Waals surface area contributed by atoms with Gasteiger partial charge in [-0.2, -0.15) is 5.10 Å². The number of hydrogen-bond acceptors (Lipinski definition) is 5. The van der Waals surface area contributed by atoms with E-state index in [1.54, 1.807) is 10.9 Å². The smallest absolute Gasteiger partial charge is 0.230 e. The van der Waals surface area contributed by atoms with Crippen LogP contribution in [0.4, 0.5) is 0 Å². The van der Waals surface area contributed by atoms with E-state index in [4.69, 9.17) is 0 Å². The van der Waals surface area contributed by atoms with Crippen LogP contribution in [-0.2, 0) is 11.8 Å². The SMILES string of the molecule is CC(C)NC(=O)CSc1ncnc2c1cnn2C. The molecule has 1 N–H and O–H groups in total. The zero-order chi connectivity index (χ0) is 13.1. The molecule has 0 aromatic carbocycles. The van der Waals surface area contributed by atoms with Gasteiger partial charge >= 0.3 is 0 Å². The Balaban J connectivity index is 2.10. The van der Waals surface area contributed by atoms with Gasteiger partial charge in [0.25, 0.3) is 0 Å². The number of nitrogens with one attached hydrogen (secondary N) is 1. The van der Waals surface area contributed by atoms with E-state index in [0.29, 0.717) is 5.75 Å². The molecule has 2 heterocycles. The third-order valence-corrected chi connectivity index (χ3v) is 3.29. The first kappa shape index (κ1) is 12.8. The van der Waals surface area contributed by atoms with Gasteiger partial charge in [0.1, 0.15) is 11.4 Å². The fraction of sp³-hybridized carbons (Fsp3) is 0.455. The van der Waals surface area contributed by atoms with Crippen LogP contribution in [0.3, 0.4) is 0 Å². The van der Waals surface area contributed by atoms with E-state index < -0.39 is 0 Å². The quantitative estimate of drug-likeness (QED) is 0.659. The maximum absolute atomic E-state index is 11.6. The molecule has 0 unspecified atom stereocenters. The number of fused-ring (bicyclic) bond motifs is 1. The van der Waals surface area contributed by atoms with E-state index in [0.717, 1.165) is 16.1 Å². The molecule has 0 aliphatic carbocycles. The van der Waals surface area contributed by atoms with Crippen LogP contribution < -0.4 is 5.32 Å². The Morgan fingerprint density at radius 2 is 2.28 bits per heavy atom. The Bertz CT molecular complexity index is 566. The number of aromatic nitrogens is 4. The summed E-state index contributed by atoms with van der Waals surface area (Å²) >= 11 is 1.40. The predicted molar refractivity (Wildman–Crippen MR) is 70.3 cm³/mol. The molecule has 0 spiro atoms. The number of nitrogens with zero attached hydrogens (tertiary/aromatic N) is 4. The third-order valence-electron chi connectivity index (χ3n) is 2.28. The molecule has 2 aromatic rings. The minimum absolute atomic E-state index is 0.00523. The second-order valence-corrected chi connectivity index (χ2v) is 5.16. The summed E-state index contributed by atoms with van der Waals surface area (Å²) in [6.07, 6.45) is 3.21. The summed E-state index contributed by atoms with van der Waals surface area (Å²) in [7, 11) is 1.83. The Morgan fingerprint density at radius 3 is 3.00 bits per heavy atom. The molecule has 1 amide bonds. The van der Waals surface area contributed by atoms with Crippen molar-refractivity contribution in [1.82, 2.24) is 25.1 Å². The zero-order valence-electron chi connectivity index (χ0n) is 10.5. The fourth-order valence-corrected chi connectivity index (χ4v) is 2.33. The standard InChI is InChI=1S/C11H15N5OS/c1-7(2)15-9(17)5-18-11-8-4-14-16(3)10(8)12-6-13-11/h4,6-7H,5H2,1-3H3,(H,15,17). The number of carbonyl (C=O) groups is 1. The maximum atomic E-state index is 11.6. The minimum atomic E-state index is 0.00523. The summed E-state index contributed by atoms with van der Waals surface area (Å²) < 4.78 is 1.69. The molecule has 2 rings (SSSR count). The lowest BCUT2D eigenvalue weighted by atomic mass is 10.4. The summed E-state index contributed by atoms with van der Waals surface area (Å²) in [4.78, 5) is 19.9. The maximum Gasteiger partial charge on any atom is 0.230 e. The Labute approximate surface area is 109 Å². The molecule has 0 fully saturated rings. The number of aryl methyl sites for hydroxylation is 1. The van der Waals surface area contributed by atoms with E-state index in [9.17, 15) is 4.79 Å². The second kappa shape index (κ2) is 5.34. The first-order valence-corrected chi connectivity index (χ1v) is 6.61. The summed E-state index contributed by atoms with van der Waals surface area (Å²) in [6.45, 7) is 3.87. The van der Waals surface area contributed by atoms with Crippen molar-refractivity contribution in [3.8, 4) is 0 Å². The molecular formula is C11H15N5OS. The Kier molecular flexibility index (Phi) is 3.81. The zero-order valence-corrected chi connectivity index (χ0v) is 11.4. The van der Waals surface area contributed by atoms with Crippen molar-refractivity contribution in [3.05, 3.63) is 12.5 Å². The van der Waals surface area contributed by atoms with Gasteiger partial charge in [0.15, 0.2) is 5.65 Å². The van der Waals surface area contributed by atoms with Gasteiger partial charge in [-0.3, -0.25) is 9.48 Å². The average molecular weight is 265 g/mol. The molecular weight excluding hydrogens is 250 g/mol. The largest absolute Gasteiger partial charge is 0.353 e. The van der Waals surface area contributed by atoms with E-state index in [2.05, 4.69) is 20.4 Å². The number of amides is 1. The van der Waals surface area contributed by atoms with Crippen LogP contribution >= 0.6 is 11.8 Å². The average Bonchev–Trinajstić information content (AvgIpc) is 2.68. The van der Waals surface area contributed by atoms with Gasteiger partial charge in [-0.15, -0.1) is 0 Å². The Hall–Kier alpha value is -1.63. The van der Waals surface area contributed by atoms with Gasteiger partial charge in [-0.1, -0.05) is 11.8 Å². The summed E-state index contributed by atoms with van der Waals surface area (Å²) in [5, 5.41) is 8.64. The topological polar surface area (TPSA) is 72.7 Å². The number of carbonyl (C=O) groups excluding carboxylic acids is 1. The summed E-state index contributed by atoms with van der Waals surface area (Å²) in [6, 6.07) is 0.155. The highest BCUT2D eigenvalue weighted by Crippen LogP contribution is 2.23. The first-order chi connectivity index (χ1) is 8.58. The lowest BCUT2D eigenvalue weighted by Crippen LogP contribution is -2.31. The third kappa shape index (κ3) is 2.79. The van der Waals surface area contributed by atoms with Crippen molar-refractivity contribution < 1.29 is 4.79 Å². The van der Waals surface area contributed by atoms with Gasteiger partial charge in [-0.05, 0) is 13.8 Å². The van der Waals surface area contributed by atoms with Crippen molar-refractivity contribution in [1.29, 1.82) is 0 Å². The molecule has 2 aromatic heterocycles. The van der Waals surface area contributed by atoms with Crippen LogP contribution in [0.15, 0.2) is 17.6 Å². The van der Waals surface area contributed by atoms with Crippen molar-refractivity contribution in [2.24, 2.45) is 7.05 Å². The molecule has 0 saturated carbocycles. The van der Waals surface area contributed by atoms with Gasteiger partial charge in [0.05, 0.1) is 17.3 Å². The van der Waals surface area contributed by atoms with Crippen molar-refractivity contribution in [2.75, 3.05) is 5.75 Å². The normalized spacial score (nSPS) is 11.1. The molecule has 0 radical (unpaired) electrons. The lowest BCUT2D eigenvalue weighted by molar-refractivity contribution is -0.119. The van der Waals surface area contributed by atoms with Gasteiger partial charge < -0.3 is 5.32 Å². The van der Waals surface area contributed by atoms with Crippen LogP contribution in [0.1, 0.15) is 13.8 Å². The predicted octanol–water partition coefficient (Wildman–Crippen LogP) is 0.980. The van der Waals surface area contributed by atoms with Crippen molar-refractivity contribution >= 4 is 28.7 Å². The molecule has 96 valence electrons. The highest BCUT2D eigenvalue weighted by molar-refractivity contribution is 8.00. The molecule has 7 heteroatoms. The molecule has 0 aliphatic heterocycles.